The molecule has 1 heterocycles. The lowest BCUT2D eigenvalue weighted by Crippen LogP contribution is -2.44. The van der Waals surface area contributed by atoms with Crippen molar-refractivity contribution in [2.75, 3.05) is 12.3 Å². The summed E-state index contributed by atoms with van der Waals surface area (Å²) in [4.78, 5) is 15.7. The normalized spacial score (nSPS) is 11.1. The Balaban J connectivity index is 2.53. The zero-order valence-corrected chi connectivity index (χ0v) is 11.4. The maximum Gasteiger partial charge on any atom is 0.258 e. The molecule has 0 saturated heterocycles. The molecule has 1 aromatic rings. The number of hydrogen-bond donors (Lipinski definition) is 2. The third kappa shape index (κ3) is 4.24. The first-order chi connectivity index (χ1) is 8.34. The van der Waals surface area contributed by atoms with E-state index in [1.165, 1.54) is 0 Å². The highest BCUT2D eigenvalue weighted by Gasteiger charge is 2.18. The quantitative estimate of drug-likeness (QED) is 0.834. The SMILES string of the molecule is CCC(C)(C)NC(=O)COc1ccc(C)nc1N. The fraction of sp³-hybridized carbons (Fsp3) is 0.538. The molecular weight excluding hydrogens is 230 g/mol. The molecule has 0 bridgehead atoms. The summed E-state index contributed by atoms with van der Waals surface area (Å²) >= 11 is 0. The summed E-state index contributed by atoms with van der Waals surface area (Å²) < 4.78 is 5.34. The number of nitrogens with zero attached hydrogens (tertiary/aromatic N) is 1. The molecule has 0 fully saturated rings. The van der Waals surface area contributed by atoms with Crippen LogP contribution in [-0.4, -0.2) is 23.0 Å². The minimum atomic E-state index is -0.225. The Bertz CT molecular complexity index is 430. The van der Waals surface area contributed by atoms with E-state index in [4.69, 9.17) is 10.5 Å². The number of nitrogens with one attached hydrogen (secondary N) is 1. The molecule has 1 aromatic heterocycles. The predicted molar refractivity (Wildman–Crippen MR) is 71.4 cm³/mol. The third-order valence-corrected chi connectivity index (χ3v) is 2.75. The van der Waals surface area contributed by atoms with Crippen LogP contribution in [0.5, 0.6) is 5.75 Å². The molecule has 1 amide bonds. The molecule has 0 radical (unpaired) electrons. The molecule has 0 aliphatic carbocycles. The van der Waals surface area contributed by atoms with Crippen LogP contribution in [0.4, 0.5) is 5.82 Å². The minimum Gasteiger partial charge on any atom is -0.480 e. The van der Waals surface area contributed by atoms with Gasteiger partial charge in [-0.1, -0.05) is 6.92 Å². The summed E-state index contributed by atoms with van der Waals surface area (Å²) in [6.45, 7) is 7.73. The molecule has 0 aliphatic rings. The van der Waals surface area contributed by atoms with E-state index in [9.17, 15) is 4.79 Å². The summed E-state index contributed by atoms with van der Waals surface area (Å²) in [7, 11) is 0. The van der Waals surface area contributed by atoms with E-state index in [2.05, 4.69) is 10.3 Å². The molecule has 1 rings (SSSR count). The number of amides is 1. The zero-order chi connectivity index (χ0) is 13.8. The van der Waals surface area contributed by atoms with E-state index in [1.54, 1.807) is 12.1 Å². The van der Waals surface area contributed by atoms with Gasteiger partial charge in [-0.25, -0.2) is 4.98 Å². The second kappa shape index (κ2) is 5.71. The van der Waals surface area contributed by atoms with E-state index in [-0.39, 0.29) is 18.1 Å². The van der Waals surface area contributed by atoms with Gasteiger partial charge in [0.2, 0.25) is 0 Å². The number of anilines is 1. The Morgan fingerprint density at radius 2 is 2.17 bits per heavy atom. The Morgan fingerprint density at radius 1 is 1.50 bits per heavy atom. The van der Waals surface area contributed by atoms with Gasteiger partial charge in [0.05, 0.1) is 0 Å². The lowest BCUT2D eigenvalue weighted by Gasteiger charge is -2.24. The van der Waals surface area contributed by atoms with Crippen molar-refractivity contribution in [2.24, 2.45) is 0 Å². The van der Waals surface area contributed by atoms with Crippen LogP contribution in [0, 0.1) is 6.92 Å². The van der Waals surface area contributed by atoms with Crippen molar-refractivity contribution < 1.29 is 9.53 Å². The van der Waals surface area contributed by atoms with E-state index in [1.807, 2.05) is 27.7 Å². The molecule has 0 atom stereocenters. The Morgan fingerprint density at radius 3 is 2.72 bits per heavy atom. The predicted octanol–water partition coefficient (Wildman–Crippen LogP) is 1.66. The number of nitrogens with two attached hydrogens (primary N) is 1. The van der Waals surface area contributed by atoms with Gasteiger partial charge in [0.1, 0.15) is 0 Å². The summed E-state index contributed by atoms with van der Waals surface area (Å²) in [6.07, 6.45) is 0.854. The van der Waals surface area contributed by atoms with Crippen molar-refractivity contribution in [3.05, 3.63) is 17.8 Å². The van der Waals surface area contributed by atoms with Crippen LogP contribution in [0.25, 0.3) is 0 Å². The van der Waals surface area contributed by atoms with Gasteiger partial charge in [-0.15, -0.1) is 0 Å². The topological polar surface area (TPSA) is 77.2 Å². The smallest absolute Gasteiger partial charge is 0.258 e. The van der Waals surface area contributed by atoms with Gasteiger partial charge in [0.25, 0.3) is 5.91 Å². The van der Waals surface area contributed by atoms with Gasteiger partial charge in [0.15, 0.2) is 18.2 Å². The third-order valence-electron chi connectivity index (χ3n) is 2.75. The van der Waals surface area contributed by atoms with Crippen LogP contribution < -0.4 is 15.8 Å². The number of ether oxygens (including phenoxy) is 1. The molecule has 0 spiro atoms. The largest absolute Gasteiger partial charge is 0.480 e. The lowest BCUT2D eigenvalue weighted by molar-refractivity contribution is -0.124. The standard InChI is InChI=1S/C13H21N3O2/c1-5-13(3,4)16-11(17)8-18-10-7-6-9(2)15-12(10)14/h6-7H,5,8H2,1-4H3,(H2,14,15)(H,16,17). The van der Waals surface area contributed by atoms with E-state index in [0.29, 0.717) is 11.6 Å². The Hall–Kier alpha value is -1.78. The molecule has 5 nitrogen and oxygen atoms in total. The first-order valence-corrected chi connectivity index (χ1v) is 6.01. The molecule has 0 saturated carbocycles. The molecule has 18 heavy (non-hydrogen) atoms. The number of hydrogen-bond acceptors (Lipinski definition) is 4. The molecule has 0 unspecified atom stereocenters. The van der Waals surface area contributed by atoms with Crippen molar-refractivity contribution in [1.82, 2.24) is 10.3 Å². The van der Waals surface area contributed by atoms with Gasteiger partial charge in [-0.3, -0.25) is 4.79 Å². The highest BCUT2D eigenvalue weighted by atomic mass is 16.5. The van der Waals surface area contributed by atoms with Gasteiger partial charge in [0, 0.05) is 11.2 Å². The molecular formula is C13H21N3O2. The van der Waals surface area contributed by atoms with Crippen molar-refractivity contribution in [2.45, 2.75) is 39.7 Å². The van der Waals surface area contributed by atoms with Crippen molar-refractivity contribution in [3.63, 3.8) is 0 Å². The van der Waals surface area contributed by atoms with Gasteiger partial charge >= 0.3 is 0 Å². The molecule has 0 aliphatic heterocycles. The number of aryl methyl sites for hydroxylation is 1. The zero-order valence-electron chi connectivity index (χ0n) is 11.4. The molecule has 3 N–H and O–H groups in total. The van der Waals surface area contributed by atoms with Crippen LogP contribution in [0.1, 0.15) is 32.9 Å². The van der Waals surface area contributed by atoms with E-state index < -0.39 is 0 Å². The fourth-order valence-corrected chi connectivity index (χ4v) is 1.33. The summed E-state index contributed by atoms with van der Waals surface area (Å²) in [5.74, 6) is 0.574. The molecule has 100 valence electrons. The van der Waals surface area contributed by atoms with Crippen LogP contribution in [-0.2, 0) is 4.79 Å². The van der Waals surface area contributed by atoms with E-state index >= 15 is 0 Å². The van der Waals surface area contributed by atoms with Crippen molar-refractivity contribution in [3.8, 4) is 5.75 Å². The summed E-state index contributed by atoms with van der Waals surface area (Å²) in [6, 6.07) is 3.51. The highest BCUT2D eigenvalue weighted by molar-refractivity contribution is 5.78. The second-order valence-corrected chi connectivity index (χ2v) is 4.91. The van der Waals surface area contributed by atoms with Crippen LogP contribution in [0.2, 0.25) is 0 Å². The lowest BCUT2D eigenvalue weighted by atomic mass is 10.0. The number of pyridine rings is 1. The fourth-order valence-electron chi connectivity index (χ4n) is 1.33. The number of carbonyl (C=O) groups excluding carboxylic acids is 1. The van der Waals surface area contributed by atoms with Crippen LogP contribution >= 0.6 is 0 Å². The Labute approximate surface area is 108 Å². The number of rotatable bonds is 5. The van der Waals surface area contributed by atoms with E-state index in [0.717, 1.165) is 12.1 Å². The first-order valence-electron chi connectivity index (χ1n) is 6.01. The molecule has 5 heteroatoms. The number of nitrogen functional groups attached to an aromatic ring is 1. The average molecular weight is 251 g/mol. The number of aromatic nitrogens is 1. The minimum absolute atomic E-state index is 0.0572. The monoisotopic (exact) mass is 251 g/mol. The van der Waals surface area contributed by atoms with Crippen LogP contribution in [0.15, 0.2) is 12.1 Å². The maximum absolute atomic E-state index is 11.7. The number of carbonyl (C=O) groups is 1. The van der Waals surface area contributed by atoms with Crippen LogP contribution in [0.3, 0.4) is 0 Å². The van der Waals surface area contributed by atoms with Gasteiger partial charge in [-0.2, -0.15) is 0 Å². The summed E-state index contributed by atoms with van der Waals surface area (Å²) in [5, 5.41) is 2.88. The maximum atomic E-state index is 11.7. The first kappa shape index (κ1) is 14.3. The van der Waals surface area contributed by atoms with Gasteiger partial charge < -0.3 is 15.8 Å². The average Bonchev–Trinajstić information content (AvgIpc) is 2.27. The Kier molecular flexibility index (Phi) is 4.53. The summed E-state index contributed by atoms with van der Waals surface area (Å²) in [5.41, 5.74) is 6.28. The van der Waals surface area contributed by atoms with Gasteiger partial charge in [-0.05, 0) is 39.3 Å². The highest BCUT2D eigenvalue weighted by Crippen LogP contribution is 2.18. The van der Waals surface area contributed by atoms with Crippen molar-refractivity contribution in [1.29, 1.82) is 0 Å². The second-order valence-electron chi connectivity index (χ2n) is 4.91. The van der Waals surface area contributed by atoms with Crippen molar-refractivity contribution >= 4 is 11.7 Å². The molecule has 0 aromatic carbocycles.